The minimum atomic E-state index is -0.494. The van der Waals surface area contributed by atoms with Gasteiger partial charge in [-0.3, -0.25) is 0 Å². The molecule has 0 spiro atoms. The van der Waals surface area contributed by atoms with E-state index in [4.69, 9.17) is 4.74 Å². The molecule has 0 unspecified atom stereocenters. The van der Waals surface area contributed by atoms with E-state index in [9.17, 15) is 5.26 Å². The average Bonchev–Trinajstić information content (AvgIpc) is 2.37. The summed E-state index contributed by atoms with van der Waals surface area (Å²) in [5.41, 5.74) is 0.544. The summed E-state index contributed by atoms with van der Waals surface area (Å²) in [6.07, 6.45) is 0. The first-order chi connectivity index (χ1) is 8.10. The molecule has 0 aliphatic carbocycles. The van der Waals surface area contributed by atoms with Gasteiger partial charge >= 0.3 is 0 Å². The molecule has 0 bridgehead atoms. The summed E-state index contributed by atoms with van der Waals surface area (Å²) in [4.78, 5) is 0. The lowest BCUT2D eigenvalue weighted by Crippen LogP contribution is -2.14. The van der Waals surface area contributed by atoms with Crippen LogP contribution in [0.5, 0.6) is 5.75 Å². The van der Waals surface area contributed by atoms with Crippen LogP contribution in [0.15, 0.2) is 36.4 Å². The number of hydrogen-bond acceptors (Lipinski definition) is 2. The molecule has 0 N–H and O–H groups in total. The van der Waals surface area contributed by atoms with Gasteiger partial charge in [0.25, 0.3) is 0 Å². The lowest BCUT2D eigenvalue weighted by molar-refractivity contribution is 0.419. The van der Waals surface area contributed by atoms with Crippen LogP contribution in [0.1, 0.15) is 19.4 Å². The summed E-state index contributed by atoms with van der Waals surface area (Å²) in [5, 5.41) is 11.4. The minimum absolute atomic E-state index is 0.494. The van der Waals surface area contributed by atoms with Gasteiger partial charge in [-0.1, -0.05) is 30.3 Å². The summed E-state index contributed by atoms with van der Waals surface area (Å²) >= 11 is 0. The predicted molar refractivity (Wildman–Crippen MR) is 69.1 cm³/mol. The Morgan fingerprint density at radius 2 is 1.71 bits per heavy atom. The fourth-order valence-corrected chi connectivity index (χ4v) is 2.05. The number of rotatable bonds is 2. The Kier molecular flexibility index (Phi) is 2.77. The third-order valence-electron chi connectivity index (χ3n) is 3.06. The molecule has 17 heavy (non-hydrogen) atoms. The zero-order valence-corrected chi connectivity index (χ0v) is 10.3. The highest BCUT2D eigenvalue weighted by Crippen LogP contribution is 2.34. The van der Waals surface area contributed by atoms with Gasteiger partial charge in [0.1, 0.15) is 5.75 Å². The fraction of sp³-hybridized carbons (Fsp3) is 0.267. The molecule has 2 nitrogen and oxygen atoms in total. The van der Waals surface area contributed by atoms with Crippen molar-refractivity contribution >= 4 is 10.8 Å². The monoisotopic (exact) mass is 225 g/mol. The van der Waals surface area contributed by atoms with Gasteiger partial charge in [0.05, 0.1) is 18.6 Å². The number of hydrogen-bond donors (Lipinski definition) is 0. The van der Waals surface area contributed by atoms with Gasteiger partial charge in [-0.05, 0) is 30.9 Å². The number of methoxy groups -OCH3 is 1. The fourth-order valence-electron chi connectivity index (χ4n) is 2.05. The maximum Gasteiger partial charge on any atom is 0.126 e. The SMILES string of the molecule is COc1ccc(C(C)(C)C#N)c2ccccc12. The Labute approximate surface area is 101 Å². The Morgan fingerprint density at radius 3 is 2.29 bits per heavy atom. The van der Waals surface area contributed by atoms with Crippen molar-refractivity contribution in [2.75, 3.05) is 7.11 Å². The normalized spacial score (nSPS) is 11.2. The molecule has 0 aliphatic heterocycles. The Bertz CT molecular complexity index is 593. The van der Waals surface area contributed by atoms with Crippen molar-refractivity contribution in [3.8, 4) is 11.8 Å². The van der Waals surface area contributed by atoms with Gasteiger partial charge in [-0.25, -0.2) is 0 Å². The number of nitriles is 1. The van der Waals surface area contributed by atoms with Crippen molar-refractivity contribution in [2.24, 2.45) is 0 Å². The molecule has 0 aromatic heterocycles. The van der Waals surface area contributed by atoms with Gasteiger partial charge in [0.2, 0.25) is 0 Å². The van der Waals surface area contributed by atoms with Gasteiger partial charge < -0.3 is 4.74 Å². The summed E-state index contributed by atoms with van der Waals surface area (Å²) in [6, 6.07) is 14.3. The van der Waals surface area contributed by atoms with Crippen LogP contribution in [0.4, 0.5) is 0 Å². The van der Waals surface area contributed by atoms with Crippen LogP contribution in [0.3, 0.4) is 0 Å². The maximum atomic E-state index is 9.25. The molecule has 86 valence electrons. The first-order valence-corrected chi connectivity index (χ1v) is 5.57. The number of ether oxygens (including phenoxy) is 1. The molecule has 2 rings (SSSR count). The van der Waals surface area contributed by atoms with Crippen molar-refractivity contribution in [1.82, 2.24) is 0 Å². The van der Waals surface area contributed by atoms with Gasteiger partial charge in [-0.15, -0.1) is 0 Å². The van der Waals surface area contributed by atoms with E-state index in [1.165, 1.54) is 0 Å². The molecule has 0 heterocycles. The Balaban J connectivity index is 2.81. The van der Waals surface area contributed by atoms with E-state index >= 15 is 0 Å². The largest absolute Gasteiger partial charge is 0.496 e. The highest BCUT2D eigenvalue weighted by atomic mass is 16.5. The molecule has 0 aliphatic rings. The van der Waals surface area contributed by atoms with E-state index in [0.29, 0.717) is 0 Å². The molecular formula is C15H15NO. The molecule has 0 saturated heterocycles. The van der Waals surface area contributed by atoms with Crippen LogP contribution >= 0.6 is 0 Å². The molecule has 2 aromatic carbocycles. The first-order valence-electron chi connectivity index (χ1n) is 5.57. The van der Waals surface area contributed by atoms with Crippen molar-refractivity contribution < 1.29 is 4.74 Å². The van der Waals surface area contributed by atoms with Crippen LogP contribution in [-0.4, -0.2) is 7.11 Å². The third kappa shape index (κ3) is 1.85. The highest BCUT2D eigenvalue weighted by Gasteiger charge is 2.22. The van der Waals surface area contributed by atoms with Crippen LogP contribution in [0.25, 0.3) is 10.8 Å². The molecule has 0 amide bonds. The zero-order chi connectivity index (χ0) is 12.5. The predicted octanol–water partition coefficient (Wildman–Crippen LogP) is 3.65. The molecule has 2 aromatic rings. The molecule has 0 fully saturated rings. The summed E-state index contributed by atoms with van der Waals surface area (Å²) in [7, 11) is 1.66. The van der Waals surface area contributed by atoms with Gasteiger partial charge in [0, 0.05) is 5.39 Å². The summed E-state index contributed by atoms with van der Waals surface area (Å²) < 4.78 is 5.35. The van der Waals surface area contributed by atoms with Gasteiger partial charge in [-0.2, -0.15) is 5.26 Å². The number of fused-ring (bicyclic) bond motifs is 1. The lowest BCUT2D eigenvalue weighted by atomic mass is 9.83. The average molecular weight is 225 g/mol. The van der Waals surface area contributed by atoms with E-state index in [1.807, 2.05) is 50.2 Å². The highest BCUT2D eigenvalue weighted by molar-refractivity contribution is 5.92. The summed E-state index contributed by atoms with van der Waals surface area (Å²) in [6.45, 7) is 3.86. The first kappa shape index (κ1) is 11.5. The summed E-state index contributed by atoms with van der Waals surface area (Å²) in [5.74, 6) is 0.845. The smallest absolute Gasteiger partial charge is 0.126 e. The zero-order valence-electron chi connectivity index (χ0n) is 10.3. The molecule has 0 radical (unpaired) electrons. The van der Waals surface area contributed by atoms with E-state index in [0.717, 1.165) is 22.1 Å². The van der Waals surface area contributed by atoms with E-state index < -0.39 is 5.41 Å². The molecular weight excluding hydrogens is 210 g/mol. The van der Waals surface area contributed by atoms with Crippen molar-refractivity contribution in [3.05, 3.63) is 42.0 Å². The standard InChI is InChI=1S/C15H15NO/c1-15(2,10-16)13-8-9-14(17-3)12-7-5-4-6-11(12)13/h4-9H,1-3H3. The topological polar surface area (TPSA) is 33.0 Å². The van der Waals surface area contributed by atoms with Gasteiger partial charge in [0.15, 0.2) is 0 Å². The second kappa shape index (κ2) is 4.10. The second-order valence-corrected chi connectivity index (χ2v) is 4.60. The minimum Gasteiger partial charge on any atom is -0.496 e. The number of benzene rings is 2. The van der Waals surface area contributed by atoms with E-state index in [1.54, 1.807) is 7.11 Å². The number of nitrogens with zero attached hydrogens (tertiary/aromatic N) is 1. The van der Waals surface area contributed by atoms with E-state index in [2.05, 4.69) is 6.07 Å². The quantitative estimate of drug-likeness (QED) is 0.781. The van der Waals surface area contributed by atoms with Crippen LogP contribution in [-0.2, 0) is 5.41 Å². The Hall–Kier alpha value is -2.01. The van der Waals surface area contributed by atoms with Crippen LogP contribution in [0, 0.1) is 11.3 Å². The Morgan fingerprint density at radius 1 is 1.06 bits per heavy atom. The lowest BCUT2D eigenvalue weighted by Gasteiger charge is -2.19. The molecule has 2 heteroatoms. The molecule has 0 saturated carbocycles. The second-order valence-electron chi connectivity index (χ2n) is 4.60. The van der Waals surface area contributed by atoms with E-state index in [-0.39, 0.29) is 0 Å². The van der Waals surface area contributed by atoms with Crippen molar-refractivity contribution in [1.29, 1.82) is 5.26 Å². The van der Waals surface area contributed by atoms with Crippen molar-refractivity contribution in [3.63, 3.8) is 0 Å². The maximum absolute atomic E-state index is 9.25. The third-order valence-corrected chi connectivity index (χ3v) is 3.06. The van der Waals surface area contributed by atoms with Crippen LogP contribution in [0.2, 0.25) is 0 Å². The molecule has 0 atom stereocenters. The van der Waals surface area contributed by atoms with Crippen LogP contribution < -0.4 is 4.74 Å². The van der Waals surface area contributed by atoms with Crippen molar-refractivity contribution in [2.45, 2.75) is 19.3 Å².